The lowest BCUT2D eigenvalue weighted by atomic mass is 10.1. The molecule has 132 valence electrons. The van der Waals surface area contributed by atoms with Gasteiger partial charge >= 0.3 is 0 Å². The molecule has 3 rings (SSSR count). The molecule has 4 nitrogen and oxygen atoms in total. The van der Waals surface area contributed by atoms with Gasteiger partial charge in [-0.15, -0.1) is 11.3 Å². The van der Waals surface area contributed by atoms with Crippen molar-refractivity contribution < 1.29 is 9.59 Å². The van der Waals surface area contributed by atoms with E-state index in [-0.39, 0.29) is 11.8 Å². The van der Waals surface area contributed by atoms with Crippen molar-refractivity contribution in [2.75, 3.05) is 6.54 Å². The molecule has 0 saturated carbocycles. The maximum atomic E-state index is 12.1. The summed E-state index contributed by atoms with van der Waals surface area (Å²) in [6, 6.07) is 12.2. The quantitative estimate of drug-likeness (QED) is 0.787. The second-order valence-electron chi connectivity index (χ2n) is 6.40. The monoisotopic (exact) mass is 356 g/mol. The lowest BCUT2D eigenvalue weighted by molar-refractivity contribution is -0.128. The van der Waals surface area contributed by atoms with Gasteiger partial charge in [-0.05, 0) is 41.8 Å². The fourth-order valence-electron chi connectivity index (χ4n) is 3.12. The highest BCUT2D eigenvalue weighted by Gasteiger charge is 2.20. The Bertz CT molecular complexity index is 712. The van der Waals surface area contributed by atoms with Gasteiger partial charge in [0.1, 0.15) is 0 Å². The minimum absolute atomic E-state index is 0.0867. The lowest BCUT2D eigenvalue weighted by Gasteiger charge is -2.18. The van der Waals surface area contributed by atoms with Crippen LogP contribution in [-0.4, -0.2) is 23.3 Å². The van der Waals surface area contributed by atoms with Gasteiger partial charge in [0.25, 0.3) is 0 Å². The van der Waals surface area contributed by atoms with Crippen LogP contribution in [0, 0.1) is 0 Å². The fraction of sp³-hybridized carbons (Fsp3) is 0.400. The third-order valence-electron chi connectivity index (χ3n) is 4.53. The fourth-order valence-corrected chi connectivity index (χ4v) is 3.87. The number of likely N-dealkylation sites (tertiary alicyclic amines) is 1. The summed E-state index contributed by atoms with van der Waals surface area (Å²) >= 11 is 1.74. The van der Waals surface area contributed by atoms with Crippen LogP contribution in [0.2, 0.25) is 0 Å². The van der Waals surface area contributed by atoms with Gasteiger partial charge in [0, 0.05) is 37.4 Å². The van der Waals surface area contributed by atoms with Crippen molar-refractivity contribution in [3.8, 4) is 0 Å². The van der Waals surface area contributed by atoms with Gasteiger partial charge in [-0.2, -0.15) is 0 Å². The molecule has 1 N–H and O–H groups in total. The van der Waals surface area contributed by atoms with E-state index in [1.165, 1.54) is 4.88 Å². The molecule has 0 unspecified atom stereocenters. The van der Waals surface area contributed by atoms with Gasteiger partial charge in [0.2, 0.25) is 11.8 Å². The Morgan fingerprint density at radius 2 is 2.00 bits per heavy atom. The molecule has 2 amide bonds. The Morgan fingerprint density at radius 1 is 1.16 bits per heavy atom. The summed E-state index contributed by atoms with van der Waals surface area (Å²) < 4.78 is 0. The summed E-state index contributed by atoms with van der Waals surface area (Å²) in [7, 11) is 0. The van der Waals surface area contributed by atoms with Gasteiger partial charge < -0.3 is 10.2 Å². The van der Waals surface area contributed by atoms with E-state index in [0.717, 1.165) is 36.9 Å². The number of amides is 2. The molecule has 1 fully saturated rings. The maximum absolute atomic E-state index is 12.1. The zero-order valence-electron chi connectivity index (χ0n) is 14.4. The largest absolute Gasteiger partial charge is 0.352 e. The summed E-state index contributed by atoms with van der Waals surface area (Å²) in [5.74, 6) is 0.316. The number of thiophene rings is 1. The van der Waals surface area contributed by atoms with Crippen molar-refractivity contribution in [1.29, 1.82) is 0 Å². The van der Waals surface area contributed by atoms with Gasteiger partial charge in [0.15, 0.2) is 0 Å². The first-order valence-electron chi connectivity index (χ1n) is 8.86. The summed E-state index contributed by atoms with van der Waals surface area (Å²) in [5, 5.41) is 5.08. The van der Waals surface area contributed by atoms with Crippen molar-refractivity contribution in [3.05, 3.63) is 57.8 Å². The Morgan fingerprint density at radius 3 is 2.72 bits per heavy atom. The molecule has 5 heteroatoms. The Labute approximate surface area is 152 Å². The Kier molecular flexibility index (Phi) is 6.23. The molecule has 25 heavy (non-hydrogen) atoms. The van der Waals surface area contributed by atoms with Crippen LogP contribution in [-0.2, 0) is 29.1 Å². The predicted octanol–water partition coefficient (Wildman–Crippen LogP) is 3.51. The topological polar surface area (TPSA) is 49.4 Å². The molecule has 2 aromatic rings. The van der Waals surface area contributed by atoms with Crippen molar-refractivity contribution in [2.24, 2.45) is 0 Å². The van der Waals surface area contributed by atoms with E-state index in [2.05, 4.69) is 16.8 Å². The second-order valence-corrected chi connectivity index (χ2v) is 7.43. The van der Waals surface area contributed by atoms with Gasteiger partial charge in [-0.25, -0.2) is 0 Å². The number of aryl methyl sites for hydroxylation is 1. The molecule has 1 aromatic carbocycles. The molecular weight excluding hydrogens is 332 g/mol. The van der Waals surface area contributed by atoms with Crippen LogP contribution in [0.1, 0.15) is 41.7 Å². The average Bonchev–Trinajstić information content (AvgIpc) is 3.26. The average molecular weight is 356 g/mol. The van der Waals surface area contributed by atoms with Gasteiger partial charge in [-0.1, -0.05) is 30.3 Å². The second kappa shape index (κ2) is 8.81. The lowest BCUT2D eigenvalue weighted by Crippen LogP contribution is -2.26. The molecule has 0 bridgehead atoms. The number of benzene rings is 1. The van der Waals surface area contributed by atoms with Crippen LogP contribution in [0.15, 0.2) is 41.8 Å². The van der Waals surface area contributed by atoms with Crippen molar-refractivity contribution in [2.45, 2.75) is 45.2 Å². The number of nitrogens with zero attached hydrogens (tertiary/aromatic N) is 1. The molecule has 0 atom stereocenters. The third kappa shape index (κ3) is 5.16. The highest BCUT2D eigenvalue weighted by Crippen LogP contribution is 2.17. The van der Waals surface area contributed by atoms with E-state index in [1.807, 2.05) is 35.2 Å². The van der Waals surface area contributed by atoms with Crippen LogP contribution in [0.5, 0.6) is 0 Å². The third-order valence-corrected chi connectivity index (χ3v) is 5.47. The van der Waals surface area contributed by atoms with E-state index in [9.17, 15) is 9.59 Å². The molecule has 1 saturated heterocycles. The van der Waals surface area contributed by atoms with E-state index in [0.29, 0.717) is 25.9 Å². The minimum Gasteiger partial charge on any atom is -0.352 e. The van der Waals surface area contributed by atoms with E-state index in [4.69, 9.17) is 0 Å². The number of rotatable bonds is 8. The highest BCUT2D eigenvalue weighted by molar-refractivity contribution is 7.09. The first-order valence-corrected chi connectivity index (χ1v) is 9.74. The number of nitrogens with one attached hydrogen (secondary N) is 1. The highest BCUT2D eigenvalue weighted by atomic mass is 32.1. The summed E-state index contributed by atoms with van der Waals surface area (Å²) in [4.78, 5) is 27.1. The van der Waals surface area contributed by atoms with Crippen molar-refractivity contribution in [3.63, 3.8) is 0 Å². The molecule has 0 aliphatic carbocycles. The Balaban J connectivity index is 1.47. The molecule has 2 heterocycles. The van der Waals surface area contributed by atoms with E-state index in [1.54, 1.807) is 11.3 Å². The maximum Gasteiger partial charge on any atom is 0.222 e. The molecule has 1 aromatic heterocycles. The smallest absolute Gasteiger partial charge is 0.222 e. The summed E-state index contributed by atoms with van der Waals surface area (Å²) in [6.45, 7) is 2.00. The Hall–Kier alpha value is -2.14. The zero-order valence-corrected chi connectivity index (χ0v) is 15.2. The summed E-state index contributed by atoms with van der Waals surface area (Å²) in [6.07, 6.45) is 3.98. The van der Waals surface area contributed by atoms with Gasteiger partial charge in [-0.3, -0.25) is 9.59 Å². The zero-order chi connectivity index (χ0) is 17.5. The number of carbonyl (C=O) groups excluding carboxylic acids is 2. The normalized spacial score (nSPS) is 14.1. The van der Waals surface area contributed by atoms with Gasteiger partial charge in [0.05, 0.1) is 0 Å². The number of hydrogen-bond donors (Lipinski definition) is 1. The van der Waals surface area contributed by atoms with Crippen LogP contribution in [0.25, 0.3) is 0 Å². The van der Waals surface area contributed by atoms with Crippen LogP contribution >= 0.6 is 11.3 Å². The van der Waals surface area contributed by atoms with E-state index >= 15 is 0 Å². The van der Waals surface area contributed by atoms with Crippen LogP contribution in [0.3, 0.4) is 0 Å². The van der Waals surface area contributed by atoms with E-state index < -0.39 is 0 Å². The minimum atomic E-state index is 0.0867. The van der Waals surface area contributed by atoms with Crippen molar-refractivity contribution >= 4 is 23.2 Å². The predicted molar refractivity (Wildman–Crippen MR) is 100 cm³/mol. The summed E-state index contributed by atoms with van der Waals surface area (Å²) in [5.41, 5.74) is 2.21. The first kappa shape index (κ1) is 17.7. The molecule has 1 aliphatic heterocycles. The van der Waals surface area contributed by atoms with Crippen LogP contribution < -0.4 is 5.32 Å². The molecule has 0 spiro atoms. The SMILES string of the molecule is O=C(CCCc1cccs1)NCc1ccccc1CN1CCCC1=O. The van der Waals surface area contributed by atoms with Crippen LogP contribution in [0.4, 0.5) is 0 Å². The molecular formula is C20H24N2O2S. The first-order chi connectivity index (χ1) is 12.2. The van der Waals surface area contributed by atoms with Crippen molar-refractivity contribution in [1.82, 2.24) is 10.2 Å². The number of carbonyl (C=O) groups is 2. The molecule has 1 aliphatic rings. The molecule has 0 radical (unpaired) electrons. The number of hydrogen-bond acceptors (Lipinski definition) is 3. The standard InChI is InChI=1S/C20H24N2O2S/c23-19(10-3-8-18-9-5-13-25-18)21-14-16-6-1-2-7-17(16)15-22-12-4-11-20(22)24/h1-2,5-7,9,13H,3-4,8,10-12,14-15H2,(H,21,23).